The minimum Gasteiger partial charge on any atom is -0.381 e. The molecule has 2 heterocycles. The summed E-state index contributed by atoms with van der Waals surface area (Å²) in [5.74, 6) is -0.0385. The molecular formula is C8H9ClN6O2S. The fourth-order valence-electron chi connectivity index (χ4n) is 1.28. The Balaban J connectivity index is 2.36. The van der Waals surface area contributed by atoms with Gasteiger partial charge in [0.05, 0.1) is 0 Å². The van der Waals surface area contributed by atoms with Crippen molar-refractivity contribution < 1.29 is 8.42 Å². The lowest BCUT2D eigenvalue weighted by Gasteiger charge is -2.05. The van der Waals surface area contributed by atoms with Crippen LogP contribution in [0.3, 0.4) is 0 Å². The minimum absolute atomic E-state index is 0.0539. The number of nitrogens with zero attached hydrogens (tertiary/aromatic N) is 4. The lowest BCUT2D eigenvalue weighted by atomic mass is 10.6. The Morgan fingerprint density at radius 2 is 2.22 bits per heavy atom. The molecule has 2 aromatic rings. The number of sulfonamides is 1. The molecule has 3 N–H and O–H groups in total. The van der Waals surface area contributed by atoms with Crippen LogP contribution in [0.15, 0.2) is 23.4 Å². The summed E-state index contributed by atoms with van der Waals surface area (Å²) in [7, 11) is -2.28. The van der Waals surface area contributed by atoms with E-state index in [1.165, 1.54) is 23.1 Å². The van der Waals surface area contributed by atoms with Crippen LogP contribution in [0.5, 0.6) is 0 Å². The first-order chi connectivity index (χ1) is 8.38. The quantitative estimate of drug-likeness (QED) is 0.782. The van der Waals surface area contributed by atoms with Crippen LogP contribution in [0, 0.1) is 0 Å². The Hall–Kier alpha value is -1.87. The molecule has 0 aliphatic carbocycles. The summed E-state index contributed by atoms with van der Waals surface area (Å²) >= 11 is 5.56. The summed E-state index contributed by atoms with van der Waals surface area (Å²) in [6, 6.07) is 1.37. The van der Waals surface area contributed by atoms with E-state index in [-0.39, 0.29) is 21.8 Å². The number of hydrogen-bond donors (Lipinski definition) is 2. The number of aromatic nitrogens is 4. The Morgan fingerprint density at radius 3 is 2.78 bits per heavy atom. The SMILES string of the molecule is Cn1cc(S(=O)(=O)Nc2ccnc(Cl)n2)c(N)n1. The fraction of sp³-hybridized carbons (Fsp3) is 0.125. The highest BCUT2D eigenvalue weighted by Gasteiger charge is 2.21. The van der Waals surface area contributed by atoms with Crippen molar-refractivity contribution in [2.45, 2.75) is 4.90 Å². The maximum Gasteiger partial charge on any atom is 0.268 e. The number of nitrogens with one attached hydrogen (secondary N) is 1. The van der Waals surface area contributed by atoms with E-state index in [0.717, 1.165) is 0 Å². The van der Waals surface area contributed by atoms with Gasteiger partial charge < -0.3 is 5.73 Å². The first-order valence-corrected chi connectivity index (χ1v) is 6.55. The van der Waals surface area contributed by atoms with Crippen molar-refractivity contribution in [3.8, 4) is 0 Å². The molecule has 0 fully saturated rings. The number of hydrogen-bond acceptors (Lipinski definition) is 6. The van der Waals surface area contributed by atoms with Crippen molar-refractivity contribution in [3.05, 3.63) is 23.7 Å². The number of halogens is 1. The van der Waals surface area contributed by atoms with Gasteiger partial charge in [0, 0.05) is 19.4 Å². The molecular weight excluding hydrogens is 280 g/mol. The minimum atomic E-state index is -3.85. The molecule has 0 amide bonds. The molecule has 0 saturated carbocycles. The zero-order valence-electron chi connectivity index (χ0n) is 9.20. The third-order valence-electron chi connectivity index (χ3n) is 1.98. The average Bonchev–Trinajstić information content (AvgIpc) is 2.58. The molecule has 0 atom stereocenters. The Bertz CT molecular complexity index is 683. The van der Waals surface area contributed by atoms with Gasteiger partial charge in [-0.3, -0.25) is 9.40 Å². The van der Waals surface area contributed by atoms with E-state index in [0.29, 0.717) is 0 Å². The van der Waals surface area contributed by atoms with Gasteiger partial charge in [-0.05, 0) is 17.7 Å². The molecule has 0 bridgehead atoms. The van der Waals surface area contributed by atoms with Crippen LogP contribution < -0.4 is 10.5 Å². The van der Waals surface area contributed by atoms with E-state index in [2.05, 4.69) is 19.8 Å². The second-order valence-electron chi connectivity index (χ2n) is 3.37. The fourth-order valence-corrected chi connectivity index (χ4v) is 2.53. The van der Waals surface area contributed by atoms with E-state index in [9.17, 15) is 8.42 Å². The summed E-state index contributed by atoms with van der Waals surface area (Å²) in [6.45, 7) is 0. The molecule has 18 heavy (non-hydrogen) atoms. The largest absolute Gasteiger partial charge is 0.381 e. The summed E-state index contributed by atoms with van der Waals surface area (Å²) in [4.78, 5) is 7.23. The van der Waals surface area contributed by atoms with Gasteiger partial charge in [0.1, 0.15) is 10.7 Å². The summed E-state index contributed by atoms with van der Waals surface area (Å²) in [6.07, 6.45) is 2.63. The third-order valence-corrected chi connectivity index (χ3v) is 3.53. The smallest absolute Gasteiger partial charge is 0.268 e. The standard InChI is InChI=1S/C8H9ClN6O2S/c1-15-4-5(7(10)13-15)18(16,17)14-6-2-3-11-8(9)12-6/h2-4H,1H3,(H2,10,13)(H,11,12,14). The van der Waals surface area contributed by atoms with E-state index in [4.69, 9.17) is 17.3 Å². The van der Waals surface area contributed by atoms with Crippen LogP contribution in [0.25, 0.3) is 0 Å². The lowest BCUT2D eigenvalue weighted by Crippen LogP contribution is -2.15. The molecule has 2 rings (SSSR count). The third kappa shape index (κ3) is 2.51. The van der Waals surface area contributed by atoms with Gasteiger partial charge >= 0.3 is 0 Å². The Morgan fingerprint density at radius 1 is 1.50 bits per heavy atom. The van der Waals surface area contributed by atoms with Crippen LogP contribution in [-0.2, 0) is 17.1 Å². The maximum atomic E-state index is 12.0. The van der Waals surface area contributed by atoms with Gasteiger partial charge in [-0.1, -0.05) is 0 Å². The van der Waals surface area contributed by atoms with Crippen LogP contribution in [0.1, 0.15) is 0 Å². The van der Waals surface area contributed by atoms with Crippen LogP contribution in [0.4, 0.5) is 11.6 Å². The molecule has 10 heteroatoms. The highest BCUT2D eigenvalue weighted by Crippen LogP contribution is 2.19. The molecule has 0 radical (unpaired) electrons. The maximum absolute atomic E-state index is 12.0. The first kappa shape index (κ1) is 12.6. The molecule has 0 aromatic carbocycles. The predicted octanol–water partition coefficient (Wildman–Crippen LogP) is 0.247. The number of anilines is 2. The van der Waals surface area contributed by atoms with E-state index < -0.39 is 10.0 Å². The summed E-state index contributed by atoms with van der Waals surface area (Å²) < 4.78 is 27.5. The highest BCUT2D eigenvalue weighted by molar-refractivity contribution is 7.92. The van der Waals surface area contributed by atoms with Gasteiger partial charge in [0.15, 0.2) is 5.82 Å². The number of nitrogen functional groups attached to an aromatic ring is 1. The molecule has 0 aliphatic heterocycles. The Labute approximate surface area is 108 Å². The first-order valence-electron chi connectivity index (χ1n) is 4.69. The van der Waals surface area contributed by atoms with E-state index in [1.54, 1.807) is 7.05 Å². The van der Waals surface area contributed by atoms with Crippen molar-refractivity contribution in [1.29, 1.82) is 0 Å². The van der Waals surface area contributed by atoms with Crippen molar-refractivity contribution in [3.63, 3.8) is 0 Å². The summed E-state index contributed by atoms with van der Waals surface area (Å²) in [5.41, 5.74) is 5.50. The van der Waals surface area contributed by atoms with Gasteiger partial charge in [0.2, 0.25) is 5.28 Å². The molecule has 8 nitrogen and oxygen atoms in total. The molecule has 0 saturated heterocycles. The zero-order valence-corrected chi connectivity index (χ0v) is 10.8. The van der Waals surface area contributed by atoms with Crippen LogP contribution in [-0.4, -0.2) is 28.2 Å². The van der Waals surface area contributed by atoms with Crippen molar-refractivity contribution in [1.82, 2.24) is 19.7 Å². The van der Waals surface area contributed by atoms with Crippen molar-refractivity contribution in [2.24, 2.45) is 7.05 Å². The number of nitrogens with two attached hydrogens (primary N) is 1. The van der Waals surface area contributed by atoms with Gasteiger partial charge in [-0.2, -0.15) is 10.1 Å². The van der Waals surface area contributed by atoms with E-state index in [1.807, 2.05) is 0 Å². The second kappa shape index (κ2) is 4.42. The van der Waals surface area contributed by atoms with Gasteiger partial charge in [0.25, 0.3) is 10.0 Å². The highest BCUT2D eigenvalue weighted by atomic mass is 35.5. The zero-order chi connectivity index (χ0) is 13.3. The summed E-state index contributed by atoms with van der Waals surface area (Å²) in [5, 5.41) is 3.69. The normalized spacial score (nSPS) is 11.4. The molecule has 96 valence electrons. The van der Waals surface area contributed by atoms with Crippen LogP contribution in [0.2, 0.25) is 5.28 Å². The van der Waals surface area contributed by atoms with Gasteiger partial charge in [-0.15, -0.1) is 0 Å². The number of aryl methyl sites for hydroxylation is 1. The van der Waals surface area contributed by atoms with E-state index >= 15 is 0 Å². The molecule has 0 unspecified atom stereocenters. The average molecular weight is 289 g/mol. The topological polar surface area (TPSA) is 116 Å². The molecule has 0 aliphatic rings. The number of rotatable bonds is 3. The molecule has 0 spiro atoms. The van der Waals surface area contributed by atoms with Crippen molar-refractivity contribution >= 4 is 33.3 Å². The Kier molecular flexibility index (Phi) is 3.09. The predicted molar refractivity (Wildman–Crippen MR) is 65.5 cm³/mol. The van der Waals surface area contributed by atoms with Gasteiger partial charge in [-0.25, -0.2) is 13.4 Å². The molecule has 2 aromatic heterocycles. The second-order valence-corrected chi connectivity index (χ2v) is 5.36. The monoisotopic (exact) mass is 288 g/mol. The lowest BCUT2D eigenvalue weighted by molar-refractivity contribution is 0.601. The van der Waals surface area contributed by atoms with Crippen molar-refractivity contribution in [2.75, 3.05) is 10.5 Å². The van der Waals surface area contributed by atoms with Crippen LogP contribution >= 0.6 is 11.6 Å².